The third-order valence-electron chi connectivity index (χ3n) is 5.26. The zero-order valence-electron chi connectivity index (χ0n) is 17.8. The summed E-state index contributed by atoms with van der Waals surface area (Å²) >= 11 is 0. The summed E-state index contributed by atoms with van der Waals surface area (Å²) in [6, 6.07) is 17.0. The molecule has 1 aromatic heterocycles. The summed E-state index contributed by atoms with van der Waals surface area (Å²) in [5, 5.41) is 0.408. The lowest BCUT2D eigenvalue weighted by Gasteiger charge is -2.21. The molecule has 0 radical (unpaired) electrons. The van der Waals surface area contributed by atoms with Gasteiger partial charge in [-0.25, -0.2) is 8.78 Å². The molecule has 0 aliphatic rings. The Kier molecular flexibility index (Phi) is 6.32. The Morgan fingerprint density at radius 1 is 0.938 bits per heavy atom. The number of hydrogen-bond donors (Lipinski definition) is 0. The summed E-state index contributed by atoms with van der Waals surface area (Å²) in [5.41, 5.74) is 2.00. The van der Waals surface area contributed by atoms with E-state index < -0.39 is 0 Å². The van der Waals surface area contributed by atoms with E-state index in [1.165, 1.54) is 30.5 Å². The second-order valence-corrected chi connectivity index (χ2v) is 7.89. The lowest BCUT2D eigenvalue weighted by molar-refractivity contribution is 0.179. The molecule has 0 N–H and O–H groups in total. The minimum Gasteiger partial charge on any atom is -0.486 e. The van der Waals surface area contributed by atoms with E-state index in [0.29, 0.717) is 34.3 Å². The Balaban J connectivity index is 1.64. The van der Waals surface area contributed by atoms with Crippen LogP contribution in [0.5, 0.6) is 5.75 Å². The molecule has 0 aliphatic carbocycles. The Morgan fingerprint density at radius 2 is 1.59 bits per heavy atom. The van der Waals surface area contributed by atoms with Gasteiger partial charge in [-0.1, -0.05) is 24.3 Å². The van der Waals surface area contributed by atoms with Crippen LogP contribution in [-0.4, -0.2) is 25.5 Å². The molecular formula is C26H23F2NO3. The van der Waals surface area contributed by atoms with Crippen molar-refractivity contribution in [2.45, 2.75) is 12.5 Å². The molecule has 4 nitrogen and oxygen atoms in total. The number of rotatable bonds is 7. The quantitative estimate of drug-likeness (QED) is 0.367. The summed E-state index contributed by atoms with van der Waals surface area (Å²) in [6.45, 7) is 0.783. The highest BCUT2D eigenvalue weighted by molar-refractivity contribution is 5.82. The van der Waals surface area contributed by atoms with Crippen molar-refractivity contribution in [1.29, 1.82) is 0 Å². The van der Waals surface area contributed by atoms with E-state index in [2.05, 4.69) is 4.90 Å². The normalized spacial score (nSPS) is 12.3. The highest BCUT2D eigenvalue weighted by Crippen LogP contribution is 2.28. The fourth-order valence-electron chi connectivity index (χ4n) is 3.52. The van der Waals surface area contributed by atoms with Gasteiger partial charge in [0.05, 0.1) is 10.9 Å². The summed E-state index contributed by atoms with van der Waals surface area (Å²) in [7, 11) is 3.95. The van der Waals surface area contributed by atoms with Crippen LogP contribution >= 0.6 is 0 Å². The molecule has 1 heterocycles. The number of benzene rings is 3. The van der Waals surface area contributed by atoms with Gasteiger partial charge >= 0.3 is 0 Å². The van der Waals surface area contributed by atoms with Crippen LogP contribution in [0.4, 0.5) is 8.78 Å². The van der Waals surface area contributed by atoms with Crippen molar-refractivity contribution in [3.8, 4) is 16.9 Å². The minimum absolute atomic E-state index is 0.202. The summed E-state index contributed by atoms with van der Waals surface area (Å²) in [5.74, 6) is -0.126. The number of fused-ring (bicyclic) bond motifs is 1. The number of nitrogens with zero attached hydrogens (tertiary/aromatic N) is 1. The van der Waals surface area contributed by atoms with Crippen LogP contribution in [0.2, 0.25) is 0 Å². The van der Waals surface area contributed by atoms with Crippen molar-refractivity contribution in [3.05, 3.63) is 100 Å². The lowest BCUT2D eigenvalue weighted by atomic mass is 10.0. The largest absolute Gasteiger partial charge is 0.486 e. The van der Waals surface area contributed by atoms with Gasteiger partial charge in [-0.05, 0) is 61.6 Å². The fourth-order valence-corrected chi connectivity index (χ4v) is 3.52. The van der Waals surface area contributed by atoms with Crippen molar-refractivity contribution >= 4 is 11.0 Å². The van der Waals surface area contributed by atoms with E-state index in [4.69, 9.17) is 9.15 Å². The first kappa shape index (κ1) is 21.7. The standard InChI is InChI=1S/C26H23F2NO3/c1-29(2)14-13-24(18-5-9-20(28)10-6-18)32-21-11-12-22-25(15-21)31-16-23(26(22)30)17-3-7-19(27)8-4-17/h3-12,15-16,24H,13-14H2,1-2H3. The Hall–Kier alpha value is -3.51. The molecule has 32 heavy (non-hydrogen) atoms. The SMILES string of the molecule is CN(C)CCC(Oc1ccc2c(=O)c(-c3ccc(F)cc3)coc2c1)c1ccc(F)cc1. The van der Waals surface area contributed by atoms with E-state index in [1.54, 1.807) is 42.5 Å². The Bertz CT molecular complexity index is 1270. The lowest BCUT2D eigenvalue weighted by Crippen LogP contribution is -2.18. The Labute approximate surface area is 184 Å². The molecule has 4 rings (SSSR count). The first-order valence-corrected chi connectivity index (χ1v) is 10.3. The first-order valence-electron chi connectivity index (χ1n) is 10.3. The van der Waals surface area contributed by atoms with Gasteiger partial charge < -0.3 is 14.1 Å². The van der Waals surface area contributed by atoms with Crippen LogP contribution in [0, 0.1) is 11.6 Å². The van der Waals surface area contributed by atoms with Gasteiger partial charge in [-0.2, -0.15) is 0 Å². The van der Waals surface area contributed by atoms with Crippen LogP contribution in [0.3, 0.4) is 0 Å². The first-order chi connectivity index (χ1) is 15.4. The molecule has 0 spiro atoms. The smallest absolute Gasteiger partial charge is 0.200 e. The van der Waals surface area contributed by atoms with Crippen LogP contribution in [0.25, 0.3) is 22.1 Å². The summed E-state index contributed by atoms with van der Waals surface area (Å²) in [6.07, 6.45) is 1.79. The maximum absolute atomic E-state index is 13.4. The van der Waals surface area contributed by atoms with Crippen molar-refractivity contribution < 1.29 is 17.9 Å². The van der Waals surface area contributed by atoms with Gasteiger partial charge in [0.1, 0.15) is 35.3 Å². The van der Waals surface area contributed by atoms with E-state index in [9.17, 15) is 13.6 Å². The molecular weight excluding hydrogens is 412 g/mol. The van der Waals surface area contributed by atoms with Crippen LogP contribution in [-0.2, 0) is 0 Å². The second-order valence-electron chi connectivity index (χ2n) is 7.89. The molecule has 1 unspecified atom stereocenters. The second kappa shape index (κ2) is 9.32. The molecule has 0 fully saturated rings. The van der Waals surface area contributed by atoms with Crippen molar-refractivity contribution in [1.82, 2.24) is 4.90 Å². The molecule has 0 saturated carbocycles. The third kappa shape index (κ3) is 4.86. The predicted molar refractivity (Wildman–Crippen MR) is 121 cm³/mol. The highest BCUT2D eigenvalue weighted by atomic mass is 19.1. The van der Waals surface area contributed by atoms with Gasteiger partial charge in [0.2, 0.25) is 0 Å². The number of ether oxygens (including phenoxy) is 1. The van der Waals surface area contributed by atoms with Crippen molar-refractivity contribution in [2.24, 2.45) is 0 Å². The maximum atomic E-state index is 13.4. The monoisotopic (exact) mass is 435 g/mol. The molecule has 0 amide bonds. The van der Waals surface area contributed by atoms with Gasteiger partial charge in [0.25, 0.3) is 0 Å². The van der Waals surface area contributed by atoms with Gasteiger partial charge in [-0.3, -0.25) is 4.79 Å². The summed E-state index contributed by atoms with van der Waals surface area (Å²) < 4.78 is 38.5. The average Bonchev–Trinajstić information content (AvgIpc) is 2.78. The van der Waals surface area contributed by atoms with E-state index in [0.717, 1.165) is 12.1 Å². The predicted octanol–water partition coefficient (Wildman–Crippen LogP) is 5.81. The molecule has 6 heteroatoms. The van der Waals surface area contributed by atoms with Crippen molar-refractivity contribution in [3.63, 3.8) is 0 Å². The zero-order valence-corrected chi connectivity index (χ0v) is 17.8. The number of hydrogen-bond acceptors (Lipinski definition) is 4. The van der Waals surface area contributed by atoms with E-state index in [1.807, 2.05) is 14.1 Å². The van der Waals surface area contributed by atoms with E-state index in [-0.39, 0.29) is 23.2 Å². The Morgan fingerprint density at radius 3 is 2.25 bits per heavy atom. The van der Waals surface area contributed by atoms with E-state index >= 15 is 0 Å². The third-order valence-corrected chi connectivity index (χ3v) is 5.26. The van der Waals surface area contributed by atoms with Crippen molar-refractivity contribution in [2.75, 3.05) is 20.6 Å². The summed E-state index contributed by atoms with van der Waals surface area (Å²) in [4.78, 5) is 15.0. The van der Waals surface area contributed by atoms with Crippen LogP contribution in [0.15, 0.2) is 82.2 Å². The molecule has 3 aromatic carbocycles. The molecule has 0 saturated heterocycles. The fraction of sp³-hybridized carbons (Fsp3) is 0.192. The van der Waals surface area contributed by atoms with Gasteiger partial charge in [-0.15, -0.1) is 0 Å². The molecule has 0 bridgehead atoms. The van der Waals surface area contributed by atoms with Crippen LogP contribution < -0.4 is 10.2 Å². The molecule has 0 aliphatic heterocycles. The molecule has 4 aromatic rings. The van der Waals surface area contributed by atoms with Gasteiger partial charge in [0, 0.05) is 19.0 Å². The zero-order chi connectivity index (χ0) is 22.7. The van der Waals surface area contributed by atoms with Gasteiger partial charge in [0.15, 0.2) is 5.43 Å². The maximum Gasteiger partial charge on any atom is 0.200 e. The van der Waals surface area contributed by atoms with Crippen LogP contribution in [0.1, 0.15) is 18.1 Å². The highest BCUT2D eigenvalue weighted by Gasteiger charge is 2.16. The minimum atomic E-state index is -0.370. The topological polar surface area (TPSA) is 42.7 Å². The molecule has 164 valence electrons. The number of halogens is 2. The average molecular weight is 435 g/mol. The molecule has 1 atom stereocenters.